The summed E-state index contributed by atoms with van der Waals surface area (Å²) < 4.78 is 11.4. The van der Waals surface area contributed by atoms with Crippen molar-refractivity contribution in [2.24, 2.45) is 0 Å². The van der Waals surface area contributed by atoms with Crippen LogP contribution in [0.25, 0.3) is 0 Å². The zero-order valence-electron chi connectivity index (χ0n) is 19.0. The SMILES string of the molecule is CCCCCOc1ccc(C(=O)NCCCC(=O)c2cccc(Oc3ccncc3)c2)cc1. The number of pyridine rings is 1. The molecule has 0 fully saturated rings. The summed E-state index contributed by atoms with van der Waals surface area (Å²) in [5, 5.41) is 2.87. The van der Waals surface area contributed by atoms with Crippen molar-refractivity contribution in [3.05, 3.63) is 84.2 Å². The minimum absolute atomic E-state index is 0.00834. The van der Waals surface area contributed by atoms with Crippen LogP contribution in [0.3, 0.4) is 0 Å². The van der Waals surface area contributed by atoms with E-state index < -0.39 is 0 Å². The third-order valence-corrected chi connectivity index (χ3v) is 5.04. The number of hydrogen-bond acceptors (Lipinski definition) is 5. The molecule has 0 aliphatic rings. The smallest absolute Gasteiger partial charge is 0.251 e. The number of carbonyl (C=O) groups excluding carboxylic acids is 2. The van der Waals surface area contributed by atoms with Crippen molar-refractivity contribution in [2.45, 2.75) is 39.0 Å². The van der Waals surface area contributed by atoms with Crippen molar-refractivity contribution in [3.63, 3.8) is 0 Å². The van der Waals surface area contributed by atoms with E-state index in [2.05, 4.69) is 17.2 Å². The summed E-state index contributed by atoms with van der Waals surface area (Å²) in [6.07, 6.45) is 7.52. The molecule has 0 radical (unpaired) electrons. The third kappa shape index (κ3) is 8.07. The highest BCUT2D eigenvalue weighted by Crippen LogP contribution is 2.22. The number of benzene rings is 2. The van der Waals surface area contributed by atoms with Gasteiger partial charge >= 0.3 is 0 Å². The fraction of sp³-hybridized carbons (Fsp3) is 0.296. The molecule has 3 rings (SSSR count). The molecule has 6 heteroatoms. The van der Waals surface area contributed by atoms with E-state index in [-0.39, 0.29) is 11.7 Å². The number of ether oxygens (including phenoxy) is 2. The van der Waals surface area contributed by atoms with Gasteiger partial charge in [0.25, 0.3) is 5.91 Å². The number of nitrogens with one attached hydrogen (secondary N) is 1. The lowest BCUT2D eigenvalue weighted by atomic mass is 10.1. The zero-order valence-corrected chi connectivity index (χ0v) is 19.0. The van der Waals surface area contributed by atoms with Crippen molar-refractivity contribution in [1.29, 1.82) is 0 Å². The number of aromatic nitrogens is 1. The number of ketones is 1. The van der Waals surface area contributed by atoms with Gasteiger partial charge in [-0.05, 0) is 61.4 Å². The van der Waals surface area contributed by atoms with E-state index in [1.54, 1.807) is 60.9 Å². The Balaban J connectivity index is 1.40. The summed E-state index contributed by atoms with van der Waals surface area (Å²) in [5.41, 5.74) is 1.16. The Morgan fingerprint density at radius 3 is 2.39 bits per heavy atom. The van der Waals surface area contributed by atoms with Crippen molar-refractivity contribution in [2.75, 3.05) is 13.2 Å². The topological polar surface area (TPSA) is 77.5 Å². The van der Waals surface area contributed by atoms with E-state index in [0.29, 0.717) is 48.6 Å². The second-order valence-electron chi connectivity index (χ2n) is 7.68. The van der Waals surface area contributed by atoms with Crippen molar-refractivity contribution in [1.82, 2.24) is 10.3 Å². The second-order valence-corrected chi connectivity index (χ2v) is 7.68. The van der Waals surface area contributed by atoms with E-state index in [9.17, 15) is 9.59 Å². The molecule has 0 aliphatic heterocycles. The average molecular weight is 447 g/mol. The molecule has 0 saturated heterocycles. The van der Waals surface area contributed by atoms with Gasteiger partial charge in [0.15, 0.2) is 5.78 Å². The Bertz CT molecular complexity index is 1020. The molecule has 0 atom stereocenters. The molecule has 1 N–H and O–H groups in total. The molecule has 6 nitrogen and oxygen atoms in total. The summed E-state index contributed by atoms with van der Waals surface area (Å²) in [4.78, 5) is 28.8. The van der Waals surface area contributed by atoms with Crippen molar-refractivity contribution in [3.8, 4) is 17.2 Å². The van der Waals surface area contributed by atoms with Gasteiger partial charge in [-0.15, -0.1) is 0 Å². The monoisotopic (exact) mass is 446 g/mol. The lowest BCUT2D eigenvalue weighted by Crippen LogP contribution is -2.24. The molecule has 0 bridgehead atoms. The summed E-state index contributed by atoms with van der Waals surface area (Å²) in [6, 6.07) is 17.7. The fourth-order valence-corrected chi connectivity index (χ4v) is 3.22. The second kappa shape index (κ2) is 13.0. The minimum atomic E-state index is -0.160. The van der Waals surface area contributed by atoms with Gasteiger partial charge in [-0.2, -0.15) is 0 Å². The number of Topliss-reactive ketones (excluding diaryl/α,β-unsaturated/α-hetero) is 1. The standard InChI is InChI=1S/C27H30N2O4/c1-2-3-4-19-32-23-12-10-21(11-13-23)27(31)29-16-6-9-26(30)22-7-5-8-25(20-22)33-24-14-17-28-18-15-24/h5,7-8,10-15,17-18,20H,2-4,6,9,16,19H2,1H3,(H,29,31). The third-order valence-electron chi connectivity index (χ3n) is 5.04. The van der Waals surface area contributed by atoms with Crippen LogP contribution in [0.5, 0.6) is 17.2 Å². The summed E-state index contributed by atoms with van der Waals surface area (Å²) in [7, 11) is 0. The van der Waals surface area contributed by atoms with Crippen LogP contribution in [0, 0.1) is 0 Å². The van der Waals surface area contributed by atoms with Gasteiger partial charge in [0.05, 0.1) is 6.61 Å². The molecule has 3 aromatic rings. The molecule has 2 aromatic carbocycles. The Kier molecular flexibility index (Phi) is 9.45. The van der Waals surface area contributed by atoms with Crippen LogP contribution in [0.15, 0.2) is 73.1 Å². The number of amides is 1. The molecule has 0 aliphatic carbocycles. The van der Waals surface area contributed by atoms with Crippen LogP contribution in [-0.2, 0) is 0 Å². The Morgan fingerprint density at radius 1 is 0.848 bits per heavy atom. The summed E-state index contributed by atoms with van der Waals surface area (Å²) in [5.74, 6) is 1.87. The Morgan fingerprint density at radius 2 is 1.64 bits per heavy atom. The predicted molar refractivity (Wildman–Crippen MR) is 128 cm³/mol. The molecular formula is C27H30N2O4. The van der Waals surface area contributed by atoms with Crippen molar-refractivity contribution < 1.29 is 19.1 Å². The van der Waals surface area contributed by atoms with Crippen LogP contribution in [0.4, 0.5) is 0 Å². The number of rotatable bonds is 13. The molecule has 0 saturated carbocycles. The first-order valence-corrected chi connectivity index (χ1v) is 11.4. The van der Waals surface area contributed by atoms with Gasteiger partial charge in [0.1, 0.15) is 17.2 Å². The van der Waals surface area contributed by atoms with Crippen LogP contribution < -0.4 is 14.8 Å². The van der Waals surface area contributed by atoms with E-state index in [1.165, 1.54) is 0 Å². The van der Waals surface area contributed by atoms with Gasteiger partial charge < -0.3 is 14.8 Å². The Hall–Kier alpha value is -3.67. The number of carbonyl (C=O) groups is 2. The maximum absolute atomic E-state index is 12.5. The highest BCUT2D eigenvalue weighted by atomic mass is 16.5. The number of hydrogen-bond donors (Lipinski definition) is 1. The molecule has 0 unspecified atom stereocenters. The highest BCUT2D eigenvalue weighted by Gasteiger charge is 2.09. The predicted octanol–water partition coefficient (Wildman–Crippen LogP) is 5.84. The summed E-state index contributed by atoms with van der Waals surface area (Å²) >= 11 is 0. The van der Waals surface area contributed by atoms with Crippen LogP contribution in [0.2, 0.25) is 0 Å². The fourth-order valence-electron chi connectivity index (χ4n) is 3.22. The molecule has 33 heavy (non-hydrogen) atoms. The van der Waals surface area contributed by atoms with Crippen molar-refractivity contribution >= 4 is 11.7 Å². The molecular weight excluding hydrogens is 416 g/mol. The van der Waals surface area contributed by atoms with E-state index in [4.69, 9.17) is 9.47 Å². The largest absolute Gasteiger partial charge is 0.494 e. The molecule has 1 aromatic heterocycles. The highest BCUT2D eigenvalue weighted by molar-refractivity contribution is 5.96. The first-order valence-electron chi connectivity index (χ1n) is 11.4. The van der Waals surface area contributed by atoms with Gasteiger partial charge in [-0.3, -0.25) is 14.6 Å². The molecule has 172 valence electrons. The van der Waals surface area contributed by atoms with Gasteiger partial charge in [0, 0.05) is 36.5 Å². The van der Waals surface area contributed by atoms with Gasteiger partial charge in [-0.1, -0.05) is 31.9 Å². The lowest BCUT2D eigenvalue weighted by Gasteiger charge is -2.08. The first-order chi connectivity index (χ1) is 16.2. The van der Waals surface area contributed by atoms with Crippen LogP contribution >= 0.6 is 0 Å². The Labute approximate surface area is 195 Å². The quantitative estimate of drug-likeness (QED) is 0.264. The van der Waals surface area contributed by atoms with E-state index >= 15 is 0 Å². The summed E-state index contributed by atoms with van der Waals surface area (Å²) in [6.45, 7) is 3.26. The van der Waals surface area contributed by atoms with E-state index in [1.807, 2.05) is 12.1 Å². The number of unbranched alkanes of at least 4 members (excludes halogenated alkanes) is 2. The molecule has 1 amide bonds. The average Bonchev–Trinajstić information content (AvgIpc) is 2.85. The van der Waals surface area contributed by atoms with Gasteiger partial charge in [0.2, 0.25) is 0 Å². The minimum Gasteiger partial charge on any atom is -0.494 e. The number of nitrogens with zero attached hydrogens (tertiary/aromatic N) is 1. The van der Waals surface area contributed by atoms with Crippen LogP contribution in [-0.4, -0.2) is 29.8 Å². The maximum atomic E-state index is 12.5. The molecule has 0 spiro atoms. The zero-order chi connectivity index (χ0) is 23.3. The first kappa shape index (κ1) is 24.0. The van der Waals surface area contributed by atoms with Crippen LogP contribution in [0.1, 0.15) is 59.7 Å². The van der Waals surface area contributed by atoms with Gasteiger partial charge in [-0.25, -0.2) is 0 Å². The normalized spacial score (nSPS) is 10.5. The van der Waals surface area contributed by atoms with E-state index in [0.717, 1.165) is 25.0 Å². The maximum Gasteiger partial charge on any atom is 0.251 e. The lowest BCUT2D eigenvalue weighted by molar-refractivity contribution is 0.0938. The molecule has 1 heterocycles.